The summed E-state index contributed by atoms with van der Waals surface area (Å²) in [5.41, 5.74) is 1.90. The maximum absolute atomic E-state index is 12.8. The van der Waals surface area contributed by atoms with E-state index in [1.54, 1.807) is 42.5 Å². The lowest BCUT2D eigenvalue weighted by Gasteiger charge is -2.18. The van der Waals surface area contributed by atoms with E-state index in [4.69, 9.17) is 4.74 Å². The van der Waals surface area contributed by atoms with E-state index >= 15 is 0 Å². The summed E-state index contributed by atoms with van der Waals surface area (Å²) in [6.45, 7) is -0.488. The largest absolute Gasteiger partial charge is 0.452 e. The van der Waals surface area contributed by atoms with Gasteiger partial charge in [-0.2, -0.15) is 0 Å². The van der Waals surface area contributed by atoms with E-state index in [-0.39, 0.29) is 17.1 Å². The predicted octanol–water partition coefficient (Wildman–Crippen LogP) is 4.41. The third-order valence-electron chi connectivity index (χ3n) is 5.53. The molecule has 0 saturated heterocycles. The van der Waals surface area contributed by atoms with Crippen molar-refractivity contribution in [1.82, 2.24) is 0 Å². The third kappa shape index (κ3) is 3.78. The lowest BCUT2D eigenvalue weighted by atomic mass is 9.84. The van der Waals surface area contributed by atoms with Gasteiger partial charge in [0.25, 0.3) is 5.91 Å². The van der Waals surface area contributed by atoms with Gasteiger partial charge < -0.3 is 10.1 Å². The molecule has 6 nitrogen and oxygen atoms in total. The van der Waals surface area contributed by atoms with Gasteiger partial charge in [0.05, 0.1) is 5.56 Å². The van der Waals surface area contributed by atoms with Crippen LogP contribution in [0, 0.1) is 0 Å². The van der Waals surface area contributed by atoms with Crippen molar-refractivity contribution in [3.63, 3.8) is 0 Å². The molecule has 0 radical (unpaired) electrons. The van der Waals surface area contributed by atoms with Gasteiger partial charge in [0.1, 0.15) is 0 Å². The van der Waals surface area contributed by atoms with Crippen LogP contribution < -0.4 is 5.32 Å². The Kier molecular flexibility index (Phi) is 5.03. The third-order valence-corrected chi connectivity index (χ3v) is 5.53. The van der Waals surface area contributed by atoms with Crippen molar-refractivity contribution < 1.29 is 23.9 Å². The Hall–Kier alpha value is -4.58. The highest BCUT2D eigenvalue weighted by atomic mass is 16.5. The summed E-state index contributed by atoms with van der Waals surface area (Å²) in [6, 6.07) is 23.9. The van der Waals surface area contributed by atoms with E-state index in [0.29, 0.717) is 27.9 Å². The van der Waals surface area contributed by atoms with E-state index < -0.39 is 18.5 Å². The number of carbonyl (C=O) groups excluding carboxylic acids is 4. The molecular formula is C27H17NO5. The Morgan fingerprint density at radius 2 is 1.30 bits per heavy atom. The quantitative estimate of drug-likeness (QED) is 0.423. The van der Waals surface area contributed by atoms with Crippen LogP contribution in [0.1, 0.15) is 42.2 Å². The summed E-state index contributed by atoms with van der Waals surface area (Å²) in [4.78, 5) is 50.2. The van der Waals surface area contributed by atoms with Crippen LogP contribution >= 0.6 is 0 Å². The van der Waals surface area contributed by atoms with E-state index in [1.807, 2.05) is 30.3 Å². The van der Waals surface area contributed by atoms with Gasteiger partial charge >= 0.3 is 5.97 Å². The average Bonchev–Trinajstić information content (AvgIpc) is 2.85. The standard InChI is InChI=1S/C27H17NO5/c29-24(15-33-27(32)18-10-9-16-5-1-2-6-17(16)13-18)28-19-11-12-22-23(14-19)26(31)21-8-4-3-7-20(21)25(22)30/h1-14H,15H2,(H,28,29). The number of fused-ring (bicyclic) bond motifs is 3. The number of ether oxygens (including phenoxy) is 1. The molecule has 0 spiro atoms. The van der Waals surface area contributed by atoms with Gasteiger partial charge in [-0.3, -0.25) is 14.4 Å². The van der Waals surface area contributed by atoms with E-state index in [9.17, 15) is 19.2 Å². The molecule has 0 unspecified atom stereocenters. The molecule has 0 bridgehead atoms. The van der Waals surface area contributed by atoms with Crippen molar-refractivity contribution in [2.45, 2.75) is 0 Å². The lowest BCUT2D eigenvalue weighted by molar-refractivity contribution is -0.119. The SMILES string of the molecule is O=C(COC(=O)c1ccc2ccccc2c1)Nc1ccc2c(c1)C(=O)c1ccccc1C2=O. The van der Waals surface area contributed by atoms with Crippen molar-refractivity contribution in [2.75, 3.05) is 11.9 Å². The predicted molar refractivity (Wildman–Crippen MR) is 123 cm³/mol. The molecule has 1 aliphatic rings. The maximum atomic E-state index is 12.8. The van der Waals surface area contributed by atoms with Crippen LogP contribution in [0.15, 0.2) is 84.9 Å². The summed E-state index contributed by atoms with van der Waals surface area (Å²) in [7, 11) is 0. The molecule has 1 N–H and O–H groups in total. The van der Waals surface area contributed by atoms with Gasteiger partial charge in [-0.1, -0.05) is 54.6 Å². The molecule has 1 aliphatic carbocycles. The Labute approximate surface area is 188 Å². The van der Waals surface area contributed by atoms with E-state index in [0.717, 1.165) is 10.8 Å². The van der Waals surface area contributed by atoms with Crippen molar-refractivity contribution in [2.24, 2.45) is 0 Å². The molecule has 0 saturated carbocycles. The molecule has 1 amide bonds. The normalized spacial score (nSPS) is 12.1. The number of anilines is 1. The zero-order valence-corrected chi connectivity index (χ0v) is 17.3. The first-order valence-electron chi connectivity index (χ1n) is 10.3. The molecule has 6 heteroatoms. The van der Waals surface area contributed by atoms with Gasteiger partial charge in [0.2, 0.25) is 0 Å². The molecule has 33 heavy (non-hydrogen) atoms. The summed E-state index contributed by atoms with van der Waals surface area (Å²) >= 11 is 0. The average molecular weight is 435 g/mol. The second-order valence-electron chi connectivity index (χ2n) is 7.65. The minimum Gasteiger partial charge on any atom is -0.452 e. The van der Waals surface area contributed by atoms with Gasteiger partial charge in [0, 0.05) is 27.9 Å². The van der Waals surface area contributed by atoms with Crippen molar-refractivity contribution in [3.05, 3.63) is 113 Å². The Morgan fingerprint density at radius 1 is 0.667 bits per heavy atom. The fraction of sp³-hybridized carbons (Fsp3) is 0.0370. The van der Waals surface area contributed by atoms with Gasteiger partial charge in [-0.15, -0.1) is 0 Å². The summed E-state index contributed by atoms with van der Waals surface area (Å²) < 4.78 is 5.14. The van der Waals surface area contributed by atoms with Crippen molar-refractivity contribution in [1.29, 1.82) is 0 Å². The van der Waals surface area contributed by atoms with Gasteiger partial charge in [0.15, 0.2) is 18.2 Å². The van der Waals surface area contributed by atoms with Crippen LogP contribution in [0.25, 0.3) is 10.8 Å². The highest BCUT2D eigenvalue weighted by Crippen LogP contribution is 2.29. The van der Waals surface area contributed by atoms with Gasteiger partial charge in [-0.25, -0.2) is 4.79 Å². The van der Waals surface area contributed by atoms with Gasteiger partial charge in [-0.05, 0) is 41.1 Å². The summed E-state index contributed by atoms with van der Waals surface area (Å²) in [5, 5.41) is 4.50. The first-order chi connectivity index (χ1) is 16.0. The Bertz CT molecular complexity index is 1470. The molecule has 4 aromatic carbocycles. The number of ketones is 2. The number of rotatable bonds is 4. The number of hydrogen-bond donors (Lipinski definition) is 1. The molecule has 5 rings (SSSR count). The van der Waals surface area contributed by atoms with Crippen LogP contribution in [0.5, 0.6) is 0 Å². The van der Waals surface area contributed by atoms with Crippen LogP contribution in [0.4, 0.5) is 5.69 Å². The second-order valence-corrected chi connectivity index (χ2v) is 7.65. The molecule has 160 valence electrons. The molecule has 0 heterocycles. The molecule has 0 aliphatic heterocycles. The van der Waals surface area contributed by atoms with Crippen molar-refractivity contribution in [3.8, 4) is 0 Å². The smallest absolute Gasteiger partial charge is 0.338 e. The number of hydrogen-bond acceptors (Lipinski definition) is 5. The number of amides is 1. The fourth-order valence-electron chi connectivity index (χ4n) is 3.90. The minimum atomic E-state index is -0.612. The topological polar surface area (TPSA) is 89.5 Å². The molecule has 4 aromatic rings. The first-order valence-corrected chi connectivity index (χ1v) is 10.3. The fourth-order valence-corrected chi connectivity index (χ4v) is 3.90. The minimum absolute atomic E-state index is 0.227. The zero-order valence-electron chi connectivity index (χ0n) is 17.3. The number of nitrogens with one attached hydrogen (secondary N) is 1. The molecule has 0 fully saturated rings. The van der Waals surface area contributed by atoms with Crippen LogP contribution in [0.2, 0.25) is 0 Å². The Morgan fingerprint density at radius 3 is 2.06 bits per heavy atom. The van der Waals surface area contributed by atoms with E-state index in [2.05, 4.69) is 5.32 Å². The van der Waals surface area contributed by atoms with Crippen LogP contribution in [-0.2, 0) is 9.53 Å². The lowest BCUT2D eigenvalue weighted by Crippen LogP contribution is -2.23. The van der Waals surface area contributed by atoms with Crippen LogP contribution in [-0.4, -0.2) is 30.0 Å². The zero-order chi connectivity index (χ0) is 22.9. The maximum Gasteiger partial charge on any atom is 0.338 e. The van der Waals surface area contributed by atoms with Crippen LogP contribution in [0.3, 0.4) is 0 Å². The molecule has 0 atom stereocenters. The van der Waals surface area contributed by atoms with E-state index in [1.165, 1.54) is 12.1 Å². The highest BCUT2D eigenvalue weighted by molar-refractivity contribution is 6.28. The number of benzene rings is 4. The molecular weight excluding hydrogens is 418 g/mol. The number of carbonyl (C=O) groups is 4. The van der Waals surface area contributed by atoms with Crippen molar-refractivity contribution >= 4 is 39.9 Å². The molecule has 0 aromatic heterocycles. The summed E-state index contributed by atoms with van der Waals surface area (Å²) in [6.07, 6.45) is 0. The highest BCUT2D eigenvalue weighted by Gasteiger charge is 2.29. The monoisotopic (exact) mass is 435 g/mol. The first kappa shape index (κ1) is 20.3. The second kappa shape index (κ2) is 8.16. The Balaban J connectivity index is 1.27. The summed E-state index contributed by atoms with van der Waals surface area (Å²) in [5.74, 6) is -1.68. The number of esters is 1.